The molecule has 0 saturated carbocycles. The van der Waals surface area contributed by atoms with Crippen LogP contribution >= 0.6 is 11.3 Å². The molecule has 3 N–H and O–H groups in total. The van der Waals surface area contributed by atoms with Crippen molar-refractivity contribution in [3.63, 3.8) is 0 Å². The zero-order valence-corrected chi connectivity index (χ0v) is 15.5. The quantitative estimate of drug-likeness (QED) is 0.480. The second-order valence-electron chi connectivity index (χ2n) is 6.38. The number of carbonyl (C=O) groups excluding carboxylic acids is 1. The second kappa shape index (κ2) is 6.98. The van der Waals surface area contributed by atoms with Gasteiger partial charge < -0.3 is 10.6 Å². The number of hydrogen-bond acceptors (Lipinski definition) is 7. The summed E-state index contributed by atoms with van der Waals surface area (Å²) in [5.74, 6) is -0.283. The van der Waals surface area contributed by atoms with Crippen LogP contribution < -0.4 is 10.6 Å². The molecule has 0 unspecified atom stereocenters. The maximum Gasteiger partial charge on any atom is 0.275 e. The smallest absolute Gasteiger partial charge is 0.275 e. The van der Waals surface area contributed by atoms with Gasteiger partial charge in [-0.1, -0.05) is 6.07 Å². The topological polar surface area (TPSA) is 113 Å². The molecule has 5 heterocycles. The second-order valence-corrected chi connectivity index (χ2v) is 7.24. The summed E-state index contributed by atoms with van der Waals surface area (Å²) in [5.41, 5.74) is 3.18. The number of rotatable bonds is 5. The lowest BCUT2D eigenvalue weighted by molar-refractivity contribution is 0.102. The third-order valence-corrected chi connectivity index (χ3v) is 5.40. The summed E-state index contributed by atoms with van der Waals surface area (Å²) in [7, 11) is 0. The summed E-state index contributed by atoms with van der Waals surface area (Å²) in [6.07, 6.45) is 6.99. The molecular formula is C18H16N8OS. The fourth-order valence-corrected chi connectivity index (χ4v) is 3.67. The van der Waals surface area contributed by atoms with Crippen LogP contribution in [0.5, 0.6) is 0 Å². The van der Waals surface area contributed by atoms with Gasteiger partial charge in [-0.05, 0) is 12.1 Å². The molecule has 140 valence electrons. The largest absolute Gasteiger partial charge is 0.317 e. The van der Waals surface area contributed by atoms with Gasteiger partial charge in [-0.3, -0.25) is 19.6 Å². The Bertz CT molecular complexity index is 1100. The van der Waals surface area contributed by atoms with E-state index in [1.165, 1.54) is 11.3 Å². The molecule has 1 aliphatic rings. The van der Waals surface area contributed by atoms with Crippen molar-refractivity contribution in [3.8, 4) is 22.0 Å². The van der Waals surface area contributed by atoms with Gasteiger partial charge >= 0.3 is 0 Å². The van der Waals surface area contributed by atoms with Crippen molar-refractivity contribution in [1.82, 2.24) is 35.3 Å². The van der Waals surface area contributed by atoms with E-state index >= 15 is 0 Å². The zero-order valence-electron chi connectivity index (χ0n) is 14.7. The molecule has 0 aromatic carbocycles. The van der Waals surface area contributed by atoms with Gasteiger partial charge in [-0.15, -0.1) is 11.3 Å². The van der Waals surface area contributed by atoms with Crippen molar-refractivity contribution in [2.45, 2.75) is 6.04 Å². The third kappa shape index (κ3) is 3.08. The molecule has 1 aliphatic heterocycles. The normalized spacial score (nSPS) is 14.0. The van der Waals surface area contributed by atoms with Crippen LogP contribution in [0.2, 0.25) is 0 Å². The van der Waals surface area contributed by atoms with Gasteiger partial charge in [0.05, 0.1) is 23.6 Å². The van der Waals surface area contributed by atoms with E-state index in [0.717, 1.165) is 23.7 Å². The minimum absolute atomic E-state index is 0.278. The van der Waals surface area contributed by atoms with Crippen molar-refractivity contribution in [3.05, 3.63) is 54.1 Å². The van der Waals surface area contributed by atoms with E-state index in [1.54, 1.807) is 24.0 Å². The number of nitrogens with zero attached hydrogens (tertiary/aromatic N) is 5. The van der Waals surface area contributed by atoms with Gasteiger partial charge in [0.2, 0.25) is 0 Å². The summed E-state index contributed by atoms with van der Waals surface area (Å²) in [6.45, 7) is 1.72. The molecule has 4 aromatic heterocycles. The molecule has 1 saturated heterocycles. The highest BCUT2D eigenvalue weighted by Gasteiger charge is 2.24. The Morgan fingerprint density at radius 2 is 2.25 bits per heavy atom. The molecule has 5 rings (SSSR count). The Morgan fingerprint density at radius 1 is 1.32 bits per heavy atom. The molecule has 1 amide bonds. The number of nitrogens with one attached hydrogen (secondary N) is 3. The number of anilines is 1. The number of hydrogen-bond donors (Lipinski definition) is 3. The van der Waals surface area contributed by atoms with Crippen LogP contribution in [-0.4, -0.2) is 48.9 Å². The molecule has 0 bridgehead atoms. The number of thiazole rings is 1. The van der Waals surface area contributed by atoms with E-state index in [4.69, 9.17) is 0 Å². The Morgan fingerprint density at radius 3 is 2.96 bits per heavy atom. The van der Waals surface area contributed by atoms with Crippen LogP contribution in [0.4, 0.5) is 5.69 Å². The van der Waals surface area contributed by atoms with Crippen LogP contribution in [0.3, 0.4) is 0 Å². The predicted molar refractivity (Wildman–Crippen MR) is 105 cm³/mol. The third-order valence-electron chi connectivity index (χ3n) is 4.50. The molecule has 28 heavy (non-hydrogen) atoms. The van der Waals surface area contributed by atoms with Crippen molar-refractivity contribution in [2.24, 2.45) is 0 Å². The van der Waals surface area contributed by atoms with E-state index in [2.05, 4.69) is 35.9 Å². The molecule has 4 aromatic rings. The number of aromatic amines is 1. The number of pyridine rings is 1. The first-order valence-corrected chi connectivity index (χ1v) is 9.63. The number of aromatic nitrogens is 6. The monoisotopic (exact) mass is 392 g/mol. The maximum atomic E-state index is 12.8. The number of carbonyl (C=O) groups is 1. The Labute approximate surface area is 163 Å². The minimum atomic E-state index is -0.283. The van der Waals surface area contributed by atoms with E-state index in [1.807, 2.05) is 29.1 Å². The van der Waals surface area contributed by atoms with Gasteiger partial charge in [-0.2, -0.15) is 10.2 Å². The summed E-state index contributed by atoms with van der Waals surface area (Å²) < 4.78 is 1.88. The molecule has 0 radical (unpaired) electrons. The van der Waals surface area contributed by atoms with Crippen LogP contribution in [0.1, 0.15) is 16.5 Å². The van der Waals surface area contributed by atoms with E-state index in [-0.39, 0.29) is 11.9 Å². The lowest BCUT2D eigenvalue weighted by Gasteiger charge is -2.27. The highest BCUT2D eigenvalue weighted by atomic mass is 32.1. The van der Waals surface area contributed by atoms with Crippen LogP contribution in [0.15, 0.2) is 48.4 Å². The standard InChI is InChI=1S/C18H16N8OS/c27-17(15-10-28-18(24-15)11-5-21-22-6-11)23-14-9-26(12-7-19-8-12)25-16(14)13-3-1-2-4-20-13/h1-6,9-10,12,19H,7-8H2,(H,21,22)(H,23,27). The van der Waals surface area contributed by atoms with Crippen molar-refractivity contribution in [1.29, 1.82) is 0 Å². The average Bonchev–Trinajstić information content (AvgIpc) is 3.41. The fourth-order valence-electron chi connectivity index (χ4n) is 2.89. The van der Waals surface area contributed by atoms with E-state index in [0.29, 0.717) is 22.8 Å². The average molecular weight is 392 g/mol. The highest BCUT2D eigenvalue weighted by molar-refractivity contribution is 7.13. The Hall–Kier alpha value is -3.37. The first-order chi connectivity index (χ1) is 13.8. The van der Waals surface area contributed by atoms with Crippen molar-refractivity contribution < 1.29 is 4.79 Å². The zero-order chi connectivity index (χ0) is 18.9. The first-order valence-electron chi connectivity index (χ1n) is 8.75. The van der Waals surface area contributed by atoms with Crippen molar-refractivity contribution in [2.75, 3.05) is 18.4 Å². The van der Waals surface area contributed by atoms with Crippen LogP contribution in [0.25, 0.3) is 22.0 Å². The van der Waals surface area contributed by atoms with E-state index < -0.39 is 0 Å². The molecule has 0 atom stereocenters. The fraction of sp³-hybridized carbons (Fsp3) is 0.167. The first kappa shape index (κ1) is 16.8. The van der Waals surface area contributed by atoms with Gasteiger partial charge in [0, 0.05) is 42.6 Å². The van der Waals surface area contributed by atoms with Crippen LogP contribution in [-0.2, 0) is 0 Å². The number of amides is 1. The Balaban J connectivity index is 1.44. The molecule has 10 heteroatoms. The highest BCUT2D eigenvalue weighted by Crippen LogP contribution is 2.28. The van der Waals surface area contributed by atoms with E-state index in [9.17, 15) is 4.79 Å². The van der Waals surface area contributed by atoms with Crippen LogP contribution in [0, 0.1) is 0 Å². The summed E-state index contributed by atoms with van der Waals surface area (Å²) in [6, 6.07) is 5.90. The van der Waals surface area contributed by atoms with Gasteiger partial charge in [-0.25, -0.2) is 4.98 Å². The molecule has 0 spiro atoms. The van der Waals surface area contributed by atoms with Gasteiger partial charge in [0.15, 0.2) is 0 Å². The minimum Gasteiger partial charge on any atom is -0.317 e. The summed E-state index contributed by atoms with van der Waals surface area (Å²) >= 11 is 1.40. The molecule has 1 fully saturated rings. The van der Waals surface area contributed by atoms with Crippen molar-refractivity contribution >= 4 is 22.9 Å². The lowest BCUT2D eigenvalue weighted by atomic mass is 10.2. The molecular weight excluding hydrogens is 376 g/mol. The maximum absolute atomic E-state index is 12.8. The SMILES string of the molecule is O=C(Nc1cn(C2CNC2)nc1-c1ccccn1)c1csc(-c2cn[nH]c2)n1. The lowest BCUT2D eigenvalue weighted by Crippen LogP contribution is -2.43. The van der Waals surface area contributed by atoms with Gasteiger partial charge in [0.1, 0.15) is 16.4 Å². The number of H-pyrrole nitrogens is 1. The summed E-state index contributed by atoms with van der Waals surface area (Å²) in [5, 5.41) is 20.0. The predicted octanol–water partition coefficient (Wildman–Crippen LogP) is 2.19. The summed E-state index contributed by atoms with van der Waals surface area (Å²) in [4.78, 5) is 21.6. The molecule has 9 nitrogen and oxygen atoms in total. The Kier molecular flexibility index (Phi) is 4.18. The van der Waals surface area contributed by atoms with Gasteiger partial charge in [0.25, 0.3) is 5.91 Å². The molecule has 0 aliphatic carbocycles.